The predicted molar refractivity (Wildman–Crippen MR) is 62.5 cm³/mol. The molecular weight excluding hydrogens is 184 g/mol. The molecule has 0 aliphatic rings. The van der Waals surface area contributed by atoms with Crippen LogP contribution in [-0.4, -0.2) is 9.55 Å². The number of rotatable bonds is 4. The predicted octanol–water partition coefficient (Wildman–Crippen LogP) is 2.77. The van der Waals surface area contributed by atoms with E-state index in [-0.39, 0.29) is 0 Å². The fourth-order valence-corrected chi connectivity index (χ4v) is 1.59. The van der Waals surface area contributed by atoms with Gasteiger partial charge in [0, 0.05) is 18.9 Å². The Morgan fingerprint density at radius 2 is 2.07 bits per heavy atom. The van der Waals surface area contributed by atoms with Crippen molar-refractivity contribution in [3.8, 4) is 0 Å². The summed E-state index contributed by atoms with van der Waals surface area (Å²) in [6.07, 6.45) is 6.60. The second-order valence-corrected chi connectivity index (χ2v) is 3.42. The molecule has 2 nitrogen and oxygen atoms in total. The molecule has 1 aromatic carbocycles. The van der Waals surface area contributed by atoms with Crippen LogP contribution in [0.3, 0.4) is 0 Å². The standard InChI is InChI=1S/C13H14N2/c1-2-13-14-9-11-15(13)10-8-12-6-4-3-5-7-12/h2-7,9,11H,1,8,10H2. The zero-order valence-corrected chi connectivity index (χ0v) is 8.63. The topological polar surface area (TPSA) is 17.8 Å². The molecule has 76 valence electrons. The lowest BCUT2D eigenvalue weighted by Crippen LogP contribution is -2.02. The Balaban J connectivity index is 2.02. The first-order chi connectivity index (χ1) is 7.40. The van der Waals surface area contributed by atoms with E-state index in [1.54, 1.807) is 6.08 Å². The molecule has 0 saturated heterocycles. The van der Waals surface area contributed by atoms with Crippen LogP contribution in [0.15, 0.2) is 49.3 Å². The Morgan fingerprint density at radius 1 is 1.27 bits per heavy atom. The van der Waals surface area contributed by atoms with Gasteiger partial charge in [0.1, 0.15) is 5.82 Å². The molecule has 2 aromatic rings. The molecule has 0 fully saturated rings. The van der Waals surface area contributed by atoms with Crippen LogP contribution < -0.4 is 0 Å². The number of benzene rings is 1. The third kappa shape index (κ3) is 2.34. The van der Waals surface area contributed by atoms with Crippen molar-refractivity contribution in [1.82, 2.24) is 9.55 Å². The van der Waals surface area contributed by atoms with Crippen molar-refractivity contribution in [2.24, 2.45) is 0 Å². The van der Waals surface area contributed by atoms with Gasteiger partial charge in [-0.25, -0.2) is 4.98 Å². The van der Waals surface area contributed by atoms with Gasteiger partial charge in [-0.05, 0) is 18.1 Å². The summed E-state index contributed by atoms with van der Waals surface area (Å²) in [4.78, 5) is 4.19. The summed E-state index contributed by atoms with van der Waals surface area (Å²) in [5, 5.41) is 0. The van der Waals surface area contributed by atoms with Crippen molar-refractivity contribution < 1.29 is 0 Å². The number of aromatic nitrogens is 2. The molecular formula is C13H14N2. The SMILES string of the molecule is C=Cc1nccn1CCc1ccccc1. The second kappa shape index (κ2) is 4.60. The van der Waals surface area contributed by atoms with Gasteiger partial charge in [0.2, 0.25) is 0 Å². The average molecular weight is 198 g/mol. The van der Waals surface area contributed by atoms with Crippen molar-refractivity contribution in [2.75, 3.05) is 0 Å². The number of nitrogens with zero attached hydrogens (tertiary/aromatic N) is 2. The van der Waals surface area contributed by atoms with E-state index in [1.165, 1.54) is 5.56 Å². The van der Waals surface area contributed by atoms with Crippen LogP contribution in [0, 0.1) is 0 Å². The lowest BCUT2D eigenvalue weighted by atomic mass is 10.1. The molecule has 0 N–H and O–H groups in total. The van der Waals surface area contributed by atoms with Gasteiger partial charge in [0.25, 0.3) is 0 Å². The minimum atomic E-state index is 0.936. The third-order valence-electron chi connectivity index (χ3n) is 2.41. The van der Waals surface area contributed by atoms with Crippen LogP contribution >= 0.6 is 0 Å². The zero-order chi connectivity index (χ0) is 10.5. The van der Waals surface area contributed by atoms with Crippen LogP contribution in [0.1, 0.15) is 11.4 Å². The summed E-state index contributed by atoms with van der Waals surface area (Å²) < 4.78 is 2.11. The second-order valence-electron chi connectivity index (χ2n) is 3.42. The maximum absolute atomic E-state index is 4.19. The smallest absolute Gasteiger partial charge is 0.131 e. The monoisotopic (exact) mass is 198 g/mol. The third-order valence-corrected chi connectivity index (χ3v) is 2.41. The van der Waals surface area contributed by atoms with E-state index in [4.69, 9.17) is 0 Å². The van der Waals surface area contributed by atoms with Crippen molar-refractivity contribution in [1.29, 1.82) is 0 Å². The molecule has 0 bridgehead atoms. The van der Waals surface area contributed by atoms with Gasteiger partial charge in [-0.2, -0.15) is 0 Å². The van der Waals surface area contributed by atoms with Crippen LogP contribution in [0.5, 0.6) is 0 Å². The van der Waals surface area contributed by atoms with E-state index in [9.17, 15) is 0 Å². The summed E-state index contributed by atoms with van der Waals surface area (Å²) in [6.45, 7) is 4.69. The molecule has 0 aliphatic heterocycles. The Morgan fingerprint density at radius 3 is 2.80 bits per heavy atom. The summed E-state index contributed by atoms with van der Waals surface area (Å²) in [6, 6.07) is 10.5. The van der Waals surface area contributed by atoms with Gasteiger partial charge >= 0.3 is 0 Å². The number of aryl methyl sites for hydroxylation is 2. The molecule has 0 aliphatic carbocycles. The highest BCUT2D eigenvalue weighted by atomic mass is 15.0. The first-order valence-electron chi connectivity index (χ1n) is 5.07. The highest BCUT2D eigenvalue weighted by Gasteiger charge is 1.98. The van der Waals surface area contributed by atoms with Gasteiger partial charge in [-0.3, -0.25) is 0 Å². The van der Waals surface area contributed by atoms with Gasteiger partial charge in [0.15, 0.2) is 0 Å². The van der Waals surface area contributed by atoms with Crippen molar-refractivity contribution in [3.63, 3.8) is 0 Å². The Labute approximate surface area is 89.9 Å². The molecule has 0 radical (unpaired) electrons. The van der Waals surface area contributed by atoms with E-state index in [2.05, 4.69) is 40.4 Å². The maximum Gasteiger partial charge on any atom is 0.131 e. The summed E-state index contributed by atoms with van der Waals surface area (Å²) in [5.41, 5.74) is 1.35. The molecule has 1 aromatic heterocycles. The van der Waals surface area contributed by atoms with Crippen LogP contribution in [0.25, 0.3) is 6.08 Å². The minimum absolute atomic E-state index is 0.936. The highest BCUT2D eigenvalue weighted by molar-refractivity contribution is 5.36. The minimum Gasteiger partial charge on any atom is -0.331 e. The van der Waals surface area contributed by atoms with Crippen molar-refractivity contribution >= 4 is 6.08 Å². The fourth-order valence-electron chi connectivity index (χ4n) is 1.59. The summed E-state index contributed by atoms with van der Waals surface area (Å²) in [5.74, 6) is 0.936. The largest absolute Gasteiger partial charge is 0.331 e. The molecule has 2 rings (SSSR count). The van der Waals surface area contributed by atoms with Gasteiger partial charge < -0.3 is 4.57 Å². The quantitative estimate of drug-likeness (QED) is 0.738. The van der Waals surface area contributed by atoms with Gasteiger partial charge in [0.05, 0.1) is 0 Å². The molecule has 0 atom stereocenters. The number of hydrogen-bond donors (Lipinski definition) is 0. The van der Waals surface area contributed by atoms with Crippen LogP contribution in [-0.2, 0) is 13.0 Å². The molecule has 0 unspecified atom stereocenters. The first kappa shape index (κ1) is 9.71. The Hall–Kier alpha value is -1.83. The normalized spacial score (nSPS) is 10.1. The highest BCUT2D eigenvalue weighted by Crippen LogP contribution is 2.04. The van der Waals surface area contributed by atoms with Gasteiger partial charge in [-0.15, -0.1) is 0 Å². The summed E-state index contributed by atoms with van der Waals surface area (Å²) >= 11 is 0. The average Bonchev–Trinajstić information content (AvgIpc) is 2.75. The lowest BCUT2D eigenvalue weighted by molar-refractivity contribution is 0.689. The van der Waals surface area contributed by atoms with Crippen molar-refractivity contribution in [3.05, 3.63) is 60.7 Å². The van der Waals surface area contributed by atoms with Crippen LogP contribution in [0.4, 0.5) is 0 Å². The fraction of sp³-hybridized carbons (Fsp3) is 0.154. The molecule has 2 heteroatoms. The Kier molecular flexibility index (Phi) is 2.98. The van der Waals surface area contributed by atoms with Crippen molar-refractivity contribution in [2.45, 2.75) is 13.0 Å². The van der Waals surface area contributed by atoms with E-state index in [0.717, 1.165) is 18.8 Å². The molecule has 0 saturated carbocycles. The maximum atomic E-state index is 4.19. The van der Waals surface area contributed by atoms with Gasteiger partial charge in [-0.1, -0.05) is 36.9 Å². The van der Waals surface area contributed by atoms with E-state index >= 15 is 0 Å². The van der Waals surface area contributed by atoms with Crippen LogP contribution in [0.2, 0.25) is 0 Å². The van der Waals surface area contributed by atoms with E-state index in [1.807, 2.05) is 18.5 Å². The molecule has 0 spiro atoms. The van der Waals surface area contributed by atoms with E-state index in [0.29, 0.717) is 0 Å². The van der Waals surface area contributed by atoms with E-state index < -0.39 is 0 Å². The molecule has 1 heterocycles. The summed E-state index contributed by atoms with van der Waals surface area (Å²) in [7, 11) is 0. The zero-order valence-electron chi connectivity index (χ0n) is 8.63. The number of imidazole rings is 1. The number of hydrogen-bond acceptors (Lipinski definition) is 1. The first-order valence-corrected chi connectivity index (χ1v) is 5.07. The lowest BCUT2D eigenvalue weighted by Gasteiger charge is -2.04. The Bertz CT molecular complexity index is 429. The molecule has 0 amide bonds. The molecule has 15 heavy (non-hydrogen) atoms.